The lowest BCUT2D eigenvalue weighted by Crippen LogP contribution is -2.14. The second kappa shape index (κ2) is 11.0. The molecule has 0 radical (unpaired) electrons. The van der Waals surface area contributed by atoms with E-state index in [1.54, 1.807) is 0 Å². The average Bonchev–Trinajstić information content (AvgIpc) is 2.43. The van der Waals surface area contributed by atoms with Crippen LogP contribution in [0.1, 0.15) is 69.4 Å². The summed E-state index contributed by atoms with van der Waals surface area (Å²) in [6.45, 7) is 6.58. The van der Waals surface area contributed by atoms with Crippen molar-refractivity contribution in [2.24, 2.45) is 0 Å². The fourth-order valence-electron chi connectivity index (χ4n) is 2.32. The molecular weight excluding hydrogens is 230 g/mol. The molecule has 0 aliphatic rings. The number of nitrogens with one attached hydrogen (secondary N) is 1. The zero-order valence-electron chi connectivity index (χ0n) is 12.9. The highest BCUT2D eigenvalue weighted by Crippen LogP contribution is 2.08. The molecule has 0 aromatic heterocycles. The number of benzene rings is 1. The second-order valence-corrected chi connectivity index (χ2v) is 5.64. The summed E-state index contributed by atoms with van der Waals surface area (Å²) in [5.74, 6) is 0. The van der Waals surface area contributed by atoms with Gasteiger partial charge in [-0.3, -0.25) is 0 Å². The Morgan fingerprint density at radius 1 is 0.789 bits per heavy atom. The Bertz CT molecular complexity index is 302. The summed E-state index contributed by atoms with van der Waals surface area (Å²) in [4.78, 5) is 0. The molecule has 108 valence electrons. The van der Waals surface area contributed by atoms with Gasteiger partial charge in [0, 0.05) is 6.54 Å². The largest absolute Gasteiger partial charge is 0.313 e. The van der Waals surface area contributed by atoms with Crippen molar-refractivity contribution in [3.05, 3.63) is 35.4 Å². The van der Waals surface area contributed by atoms with Gasteiger partial charge < -0.3 is 5.32 Å². The van der Waals surface area contributed by atoms with Gasteiger partial charge in [-0.15, -0.1) is 0 Å². The Kier molecular flexibility index (Phi) is 9.44. The van der Waals surface area contributed by atoms with Crippen molar-refractivity contribution in [2.45, 2.75) is 71.8 Å². The SMILES string of the molecule is CCCCCCCCCCNCc1ccc(C)cc1. The lowest BCUT2D eigenvalue weighted by Gasteiger charge is -2.05. The van der Waals surface area contributed by atoms with Crippen LogP contribution in [-0.4, -0.2) is 6.54 Å². The van der Waals surface area contributed by atoms with Gasteiger partial charge in [-0.1, -0.05) is 81.7 Å². The minimum atomic E-state index is 1.01. The fourth-order valence-corrected chi connectivity index (χ4v) is 2.32. The first-order chi connectivity index (χ1) is 9.33. The predicted octanol–water partition coefficient (Wildman–Crippen LogP) is 5.23. The maximum Gasteiger partial charge on any atom is 0.0205 e. The van der Waals surface area contributed by atoms with Gasteiger partial charge in [-0.2, -0.15) is 0 Å². The van der Waals surface area contributed by atoms with Crippen molar-refractivity contribution >= 4 is 0 Å². The van der Waals surface area contributed by atoms with Gasteiger partial charge in [0.15, 0.2) is 0 Å². The Balaban J connectivity index is 1.87. The van der Waals surface area contributed by atoms with E-state index in [1.807, 2.05) is 0 Å². The first kappa shape index (κ1) is 16.2. The molecule has 0 aliphatic carbocycles. The molecule has 1 aromatic rings. The van der Waals surface area contributed by atoms with Crippen molar-refractivity contribution in [2.75, 3.05) is 6.54 Å². The van der Waals surface area contributed by atoms with E-state index in [0.29, 0.717) is 0 Å². The molecule has 1 nitrogen and oxygen atoms in total. The summed E-state index contributed by atoms with van der Waals surface area (Å²) in [6, 6.07) is 8.81. The molecule has 0 saturated carbocycles. The third-order valence-corrected chi connectivity index (χ3v) is 3.66. The highest BCUT2D eigenvalue weighted by molar-refractivity contribution is 5.20. The molecule has 0 amide bonds. The minimum Gasteiger partial charge on any atom is -0.313 e. The second-order valence-electron chi connectivity index (χ2n) is 5.64. The first-order valence-corrected chi connectivity index (χ1v) is 8.09. The van der Waals surface area contributed by atoms with E-state index >= 15 is 0 Å². The molecule has 1 heteroatoms. The van der Waals surface area contributed by atoms with E-state index in [0.717, 1.165) is 13.1 Å². The van der Waals surface area contributed by atoms with Gasteiger partial charge in [0.1, 0.15) is 0 Å². The van der Waals surface area contributed by atoms with Crippen LogP contribution in [0, 0.1) is 6.92 Å². The maximum atomic E-state index is 3.53. The summed E-state index contributed by atoms with van der Waals surface area (Å²) >= 11 is 0. The van der Waals surface area contributed by atoms with Gasteiger partial charge in [0.25, 0.3) is 0 Å². The van der Waals surface area contributed by atoms with E-state index < -0.39 is 0 Å². The summed E-state index contributed by atoms with van der Waals surface area (Å²) in [5.41, 5.74) is 2.73. The van der Waals surface area contributed by atoms with Crippen LogP contribution in [-0.2, 0) is 6.54 Å². The van der Waals surface area contributed by atoms with E-state index in [4.69, 9.17) is 0 Å². The number of unbranched alkanes of at least 4 members (excludes halogenated alkanes) is 7. The lowest BCUT2D eigenvalue weighted by molar-refractivity contribution is 0.555. The average molecular weight is 261 g/mol. The van der Waals surface area contributed by atoms with Crippen molar-refractivity contribution in [3.8, 4) is 0 Å². The molecule has 0 fully saturated rings. The van der Waals surface area contributed by atoms with Gasteiger partial charge in [0.05, 0.1) is 0 Å². The molecule has 0 heterocycles. The zero-order valence-corrected chi connectivity index (χ0v) is 12.9. The van der Waals surface area contributed by atoms with Crippen molar-refractivity contribution in [1.29, 1.82) is 0 Å². The van der Waals surface area contributed by atoms with Crippen molar-refractivity contribution < 1.29 is 0 Å². The quantitative estimate of drug-likeness (QED) is 0.538. The van der Waals surface area contributed by atoms with E-state index in [1.165, 1.54) is 62.5 Å². The van der Waals surface area contributed by atoms with E-state index in [2.05, 4.69) is 43.4 Å². The number of hydrogen-bond acceptors (Lipinski definition) is 1. The minimum absolute atomic E-state index is 1.01. The summed E-state index contributed by atoms with van der Waals surface area (Å²) < 4.78 is 0. The van der Waals surface area contributed by atoms with E-state index in [9.17, 15) is 0 Å². The molecular formula is C18H31N. The van der Waals surface area contributed by atoms with Crippen LogP contribution in [0.15, 0.2) is 24.3 Å². The summed E-state index contributed by atoms with van der Waals surface area (Å²) in [6.07, 6.45) is 11.2. The molecule has 0 unspecified atom stereocenters. The Labute approximate surface area is 119 Å². The summed E-state index contributed by atoms with van der Waals surface area (Å²) in [7, 11) is 0. The van der Waals surface area contributed by atoms with Gasteiger partial charge >= 0.3 is 0 Å². The van der Waals surface area contributed by atoms with Crippen LogP contribution in [0.3, 0.4) is 0 Å². The number of rotatable bonds is 11. The van der Waals surface area contributed by atoms with Crippen LogP contribution in [0.5, 0.6) is 0 Å². The van der Waals surface area contributed by atoms with Crippen molar-refractivity contribution in [1.82, 2.24) is 5.32 Å². The normalized spacial score (nSPS) is 10.8. The smallest absolute Gasteiger partial charge is 0.0205 e. The zero-order chi connectivity index (χ0) is 13.8. The molecule has 0 bridgehead atoms. The molecule has 0 atom stereocenters. The summed E-state index contributed by atoms with van der Waals surface area (Å²) in [5, 5.41) is 3.53. The van der Waals surface area contributed by atoms with Crippen LogP contribution >= 0.6 is 0 Å². The van der Waals surface area contributed by atoms with Gasteiger partial charge in [-0.25, -0.2) is 0 Å². The standard InChI is InChI=1S/C18H31N/c1-3-4-5-6-7-8-9-10-15-19-16-18-13-11-17(2)12-14-18/h11-14,19H,3-10,15-16H2,1-2H3. The Morgan fingerprint density at radius 3 is 2.00 bits per heavy atom. The first-order valence-electron chi connectivity index (χ1n) is 8.09. The Hall–Kier alpha value is -0.820. The monoisotopic (exact) mass is 261 g/mol. The molecule has 0 saturated heterocycles. The Morgan fingerprint density at radius 2 is 1.37 bits per heavy atom. The third-order valence-electron chi connectivity index (χ3n) is 3.66. The fraction of sp³-hybridized carbons (Fsp3) is 0.667. The lowest BCUT2D eigenvalue weighted by atomic mass is 10.1. The number of aryl methyl sites for hydroxylation is 1. The molecule has 1 aromatic carbocycles. The topological polar surface area (TPSA) is 12.0 Å². The highest BCUT2D eigenvalue weighted by atomic mass is 14.8. The van der Waals surface area contributed by atoms with Crippen LogP contribution < -0.4 is 5.32 Å². The molecule has 1 rings (SSSR count). The van der Waals surface area contributed by atoms with E-state index in [-0.39, 0.29) is 0 Å². The van der Waals surface area contributed by atoms with Crippen molar-refractivity contribution in [3.63, 3.8) is 0 Å². The van der Waals surface area contributed by atoms with Crippen LogP contribution in [0.2, 0.25) is 0 Å². The van der Waals surface area contributed by atoms with Gasteiger partial charge in [-0.05, 0) is 25.5 Å². The van der Waals surface area contributed by atoms with Gasteiger partial charge in [0.2, 0.25) is 0 Å². The van der Waals surface area contributed by atoms with Crippen LogP contribution in [0.4, 0.5) is 0 Å². The molecule has 1 N–H and O–H groups in total. The number of hydrogen-bond donors (Lipinski definition) is 1. The third kappa shape index (κ3) is 8.83. The predicted molar refractivity (Wildman–Crippen MR) is 85.5 cm³/mol. The maximum absolute atomic E-state index is 3.53. The molecule has 19 heavy (non-hydrogen) atoms. The highest BCUT2D eigenvalue weighted by Gasteiger charge is 1.93. The molecule has 0 aliphatic heterocycles. The van der Waals surface area contributed by atoms with Crippen LogP contribution in [0.25, 0.3) is 0 Å². The molecule has 0 spiro atoms.